The lowest BCUT2D eigenvalue weighted by Crippen LogP contribution is -2.09. The highest BCUT2D eigenvalue weighted by Crippen LogP contribution is 2.43. The van der Waals surface area contributed by atoms with E-state index in [9.17, 15) is 0 Å². The summed E-state index contributed by atoms with van der Waals surface area (Å²) < 4.78 is 18.8. The zero-order valence-electron chi connectivity index (χ0n) is 23.2. The van der Waals surface area contributed by atoms with Crippen LogP contribution in [0.2, 0.25) is 0 Å². The minimum Gasteiger partial charge on any atom is -0.456 e. The van der Waals surface area contributed by atoms with Crippen molar-refractivity contribution in [2.45, 2.75) is 0 Å². The van der Waals surface area contributed by atoms with Crippen LogP contribution in [0.25, 0.3) is 76.8 Å². The van der Waals surface area contributed by atoms with Gasteiger partial charge in [-0.3, -0.25) is 9.97 Å². The van der Waals surface area contributed by atoms with E-state index in [0.29, 0.717) is 0 Å². The van der Waals surface area contributed by atoms with Gasteiger partial charge in [-0.1, -0.05) is 30.3 Å². The van der Waals surface area contributed by atoms with Crippen LogP contribution in [0.15, 0.2) is 141 Å². The fourth-order valence-corrected chi connectivity index (χ4v) is 6.57. The molecule has 5 aromatic heterocycles. The molecule has 6 nitrogen and oxygen atoms in total. The molecular weight excluding hydrogens is 546 g/mol. The summed E-state index contributed by atoms with van der Waals surface area (Å²) in [6.07, 6.45) is 3.59. The average molecular weight is 568 g/mol. The molecule has 0 aliphatic carbocycles. The van der Waals surface area contributed by atoms with Gasteiger partial charge in [0.05, 0.1) is 0 Å². The van der Waals surface area contributed by atoms with Crippen molar-refractivity contribution < 1.29 is 13.3 Å². The summed E-state index contributed by atoms with van der Waals surface area (Å²) in [5.41, 5.74) is 9.33. The number of benzene rings is 5. The fraction of sp³-hybridized carbons (Fsp3) is 0. The second-order valence-corrected chi connectivity index (χ2v) is 11.0. The third kappa shape index (κ3) is 3.30. The van der Waals surface area contributed by atoms with Gasteiger partial charge in [0, 0.05) is 63.1 Å². The quantitative estimate of drug-likeness (QED) is 0.212. The number of furan rings is 3. The van der Waals surface area contributed by atoms with E-state index in [1.807, 2.05) is 30.3 Å². The summed E-state index contributed by atoms with van der Waals surface area (Å²) in [5, 5.41) is 6.51. The minimum atomic E-state index is 0.762. The Hall–Kier alpha value is -6.14. The van der Waals surface area contributed by atoms with Crippen LogP contribution < -0.4 is 4.90 Å². The van der Waals surface area contributed by atoms with Crippen LogP contribution in [-0.4, -0.2) is 9.97 Å². The molecule has 0 unspecified atom stereocenters. The molecule has 6 heteroatoms. The van der Waals surface area contributed by atoms with Gasteiger partial charge in [-0.15, -0.1) is 0 Å². The van der Waals surface area contributed by atoms with Crippen LogP contribution in [0.4, 0.5) is 17.1 Å². The zero-order valence-corrected chi connectivity index (χ0v) is 23.2. The number of aromatic nitrogens is 2. The molecule has 0 N–H and O–H groups in total. The van der Waals surface area contributed by atoms with Gasteiger partial charge in [0.1, 0.15) is 33.4 Å². The summed E-state index contributed by atoms with van der Waals surface area (Å²) in [6, 6.07) is 39.2. The van der Waals surface area contributed by atoms with E-state index in [4.69, 9.17) is 13.3 Å². The van der Waals surface area contributed by atoms with Crippen LogP contribution in [0.1, 0.15) is 0 Å². The Bertz CT molecular complexity index is 2750. The molecule has 10 rings (SSSR count). The fourth-order valence-electron chi connectivity index (χ4n) is 6.57. The Kier molecular flexibility index (Phi) is 4.63. The van der Waals surface area contributed by atoms with E-state index in [-0.39, 0.29) is 0 Å². The second-order valence-electron chi connectivity index (χ2n) is 11.0. The van der Waals surface area contributed by atoms with Gasteiger partial charge >= 0.3 is 0 Å². The Morgan fingerprint density at radius 3 is 1.84 bits per heavy atom. The van der Waals surface area contributed by atoms with Crippen molar-refractivity contribution in [3.8, 4) is 0 Å². The third-order valence-corrected chi connectivity index (χ3v) is 8.54. The van der Waals surface area contributed by atoms with E-state index in [1.54, 1.807) is 12.4 Å². The van der Waals surface area contributed by atoms with Crippen molar-refractivity contribution >= 4 is 93.9 Å². The first kappa shape index (κ1) is 23.4. The molecule has 5 aromatic carbocycles. The SMILES string of the molecule is c1ccc2c(c1)ccc1oc3cc(N(c4ccc5c(c4)oc4cccnc45)c4ccc5oc6cccnc6c5c4)ccc3c12. The molecule has 0 bridgehead atoms. The van der Waals surface area contributed by atoms with Gasteiger partial charge < -0.3 is 18.2 Å². The smallest absolute Gasteiger partial charge is 0.153 e. The largest absolute Gasteiger partial charge is 0.456 e. The maximum atomic E-state index is 6.47. The Balaban J connectivity index is 1.22. The average Bonchev–Trinajstić information content (AvgIpc) is 3.75. The van der Waals surface area contributed by atoms with Gasteiger partial charge in [-0.2, -0.15) is 0 Å². The van der Waals surface area contributed by atoms with Gasteiger partial charge in [0.15, 0.2) is 11.2 Å². The highest BCUT2D eigenvalue weighted by molar-refractivity contribution is 6.19. The van der Waals surface area contributed by atoms with Crippen molar-refractivity contribution in [3.05, 3.63) is 128 Å². The highest BCUT2D eigenvalue weighted by Gasteiger charge is 2.20. The summed E-state index contributed by atoms with van der Waals surface area (Å²) >= 11 is 0. The van der Waals surface area contributed by atoms with Gasteiger partial charge in [0.25, 0.3) is 0 Å². The molecule has 0 spiro atoms. The van der Waals surface area contributed by atoms with Crippen LogP contribution in [0.5, 0.6) is 0 Å². The summed E-state index contributed by atoms with van der Waals surface area (Å²) in [7, 11) is 0. The molecule has 206 valence electrons. The van der Waals surface area contributed by atoms with Crippen molar-refractivity contribution in [2.24, 2.45) is 0 Å². The third-order valence-electron chi connectivity index (χ3n) is 8.54. The van der Waals surface area contributed by atoms with Crippen molar-refractivity contribution in [3.63, 3.8) is 0 Å². The maximum Gasteiger partial charge on any atom is 0.153 e. The monoisotopic (exact) mass is 567 g/mol. The number of hydrogen-bond donors (Lipinski definition) is 0. The standard InChI is InChI=1S/C38H21N3O3/c1-2-6-26-22(5-1)9-15-31-36(26)27-13-10-24(20-34(27)43-31)41(23-12-16-30-29(19-23)38-33(42-30)8-4-18-40-38)25-11-14-28-35(21-25)44-32-7-3-17-39-37(28)32/h1-21H. The lowest BCUT2D eigenvalue weighted by molar-refractivity contribution is 0.667. The van der Waals surface area contributed by atoms with E-state index in [2.05, 4.69) is 99.8 Å². The van der Waals surface area contributed by atoms with Gasteiger partial charge in [-0.05, 0) is 83.6 Å². The normalized spacial score (nSPS) is 12.1. The Morgan fingerprint density at radius 1 is 0.409 bits per heavy atom. The number of fused-ring (bicyclic) bond motifs is 11. The molecule has 0 atom stereocenters. The van der Waals surface area contributed by atoms with Crippen LogP contribution in [0, 0.1) is 0 Å². The Labute approximate surface area is 249 Å². The summed E-state index contributed by atoms with van der Waals surface area (Å²) in [4.78, 5) is 11.4. The van der Waals surface area contributed by atoms with Crippen molar-refractivity contribution in [2.75, 3.05) is 4.90 Å². The molecule has 0 fully saturated rings. The predicted octanol–water partition coefficient (Wildman–Crippen LogP) is 10.8. The highest BCUT2D eigenvalue weighted by atomic mass is 16.3. The number of anilines is 3. The van der Waals surface area contributed by atoms with Crippen molar-refractivity contribution in [1.82, 2.24) is 9.97 Å². The number of pyridine rings is 2. The molecule has 10 aromatic rings. The molecule has 0 amide bonds. The topological polar surface area (TPSA) is 68.4 Å². The number of rotatable bonds is 3. The predicted molar refractivity (Wildman–Crippen MR) is 176 cm³/mol. The first-order chi connectivity index (χ1) is 21.8. The lowest BCUT2D eigenvalue weighted by Gasteiger charge is -2.25. The lowest BCUT2D eigenvalue weighted by atomic mass is 10.0. The van der Waals surface area contributed by atoms with Crippen molar-refractivity contribution in [1.29, 1.82) is 0 Å². The van der Waals surface area contributed by atoms with Crippen LogP contribution >= 0.6 is 0 Å². The van der Waals surface area contributed by atoms with Crippen LogP contribution in [0.3, 0.4) is 0 Å². The molecule has 0 aliphatic heterocycles. The van der Waals surface area contributed by atoms with E-state index in [1.165, 1.54) is 10.8 Å². The second kappa shape index (κ2) is 8.69. The van der Waals surface area contributed by atoms with E-state index >= 15 is 0 Å². The first-order valence-corrected chi connectivity index (χ1v) is 14.5. The first-order valence-electron chi connectivity index (χ1n) is 14.5. The van der Waals surface area contributed by atoms with Gasteiger partial charge in [0.2, 0.25) is 0 Å². The molecule has 5 heterocycles. The molecule has 0 saturated carbocycles. The van der Waals surface area contributed by atoms with Gasteiger partial charge in [-0.25, -0.2) is 0 Å². The minimum absolute atomic E-state index is 0.762. The maximum absolute atomic E-state index is 6.47. The molecule has 44 heavy (non-hydrogen) atoms. The molecule has 0 saturated heterocycles. The summed E-state index contributed by atoms with van der Waals surface area (Å²) in [5.74, 6) is 0. The molecule has 0 radical (unpaired) electrons. The zero-order chi connectivity index (χ0) is 28.8. The summed E-state index contributed by atoms with van der Waals surface area (Å²) in [6.45, 7) is 0. The van der Waals surface area contributed by atoms with E-state index in [0.717, 1.165) is 83.1 Å². The molecular formula is C38H21N3O3. The van der Waals surface area contributed by atoms with E-state index < -0.39 is 0 Å². The molecule has 0 aliphatic rings. The van der Waals surface area contributed by atoms with Crippen LogP contribution in [-0.2, 0) is 0 Å². The number of nitrogens with zero attached hydrogens (tertiary/aromatic N) is 3. The number of hydrogen-bond acceptors (Lipinski definition) is 6. The Morgan fingerprint density at radius 2 is 1.02 bits per heavy atom.